The van der Waals surface area contributed by atoms with Crippen LogP contribution < -0.4 is 4.80 Å². The summed E-state index contributed by atoms with van der Waals surface area (Å²) in [5, 5.41) is 1.05. The fourth-order valence-corrected chi connectivity index (χ4v) is 6.28. The molecule has 0 aliphatic carbocycles. The van der Waals surface area contributed by atoms with E-state index in [-0.39, 0.29) is 4.90 Å². The summed E-state index contributed by atoms with van der Waals surface area (Å²) in [5.41, 5.74) is 1.00. The Bertz CT molecular complexity index is 1280. The standard InChI is InChI=1S/C21H23Cl2N3O3S2/c1-4-6-13-26(5-2)31(28,29)15-9-7-14(8-10-15)20(27)24-21-25(3)18-16(22)11-12-17(23)19(18)30-21/h7-12H,4-6,13H2,1-3H3. The Balaban J connectivity index is 1.93. The molecule has 6 nitrogen and oxygen atoms in total. The summed E-state index contributed by atoms with van der Waals surface area (Å²) in [6.45, 7) is 4.70. The monoisotopic (exact) mass is 499 g/mol. The number of rotatable bonds is 7. The van der Waals surface area contributed by atoms with Crippen molar-refractivity contribution in [2.24, 2.45) is 12.0 Å². The number of aromatic nitrogens is 1. The van der Waals surface area contributed by atoms with Gasteiger partial charge < -0.3 is 4.57 Å². The van der Waals surface area contributed by atoms with Gasteiger partial charge in [-0.2, -0.15) is 9.30 Å². The van der Waals surface area contributed by atoms with Gasteiger partial charge in [-0.3, -0.25) is 4.79 Å². The van der Waals surface area contributed by atoms with Gasteiger partial charge >= 0.3 is 0 Å². The lowest BCUT2D eigenvalue weighted by atomic mass is 10.2. The van der Waals surface area contributed by atoms with E-state index in [0.717, 1.165) is 17.5 Å². The van der Waals surface area contributed by atoms with Crippen LogP contribution in [0.15, 0.2) is 46.3 Å². The van der Waals surface area contributed by atoms with Crippen LogP contribution in [0.2, 0.25) is 10.0 Å². The van der Waals surface area contributed by atoms with E-state index >= 15 is 0 Å². The zero-order valence-corrected chi connectivity index (χ0v) is 20.6. The SMILES string of the molecule is CCCCN(CC)S(=O)(=O)c1ccc(C(=O)N=c2sc3c(Cl)ccc(Cl)c3n2C)cc1. The Morgan fingerprint density at radius 1 is 1.10 bits per heavy atom. The summed E-state index contributed by atoms with van der Waals surface area (Å²) in [6.07, 6.45) is 1.70. The van der Waals surface area contributed by atoms with Crippen molar-refractivity contribution in [2.45, 2.75) is 31.6 Å². The van der Waals surface area contributed by atoms with Gasteiger partial charge in [-0.1, -0.05) is 54.8 Å². The number of hydrogen-bond donors (Lipinski definition) is 0. The fraction of sp³-hybridized carbons (Fsp3) is 0.333. The van der Waals surface area contributed by atoms with Gasteiger partial charge in [-0.05, 0) is 42.8 Å². The largest absolute Gasteiger partial charge is 0.318 e. The number of amides is 1. The zero-order valence-electron chi connectivity index (χ0n) is 17.4. The summed E-state index contributed by atoms with van der Waals surface area (Å²) in [6, 6.07) is 9.27. The normalized spacial score (nSPS) is 12.8. The number of thiazole rings is 1. The summed E-state index contributed by atoms with van der Waals surface area (Å²) in [4.78, 5) is 17.5. The Hall–Kier alpha value is -1.71. The number of carbonyl (C=O) groups is 1. The van der Waals surface area contributed by atoms with E-state index in [4.69, 9.17) is 23.2 Å². The van der Waals surface area contributed by atoms with Gasteiger partial charge in [-0.25, -0.2) is 8.42 Å². The highest BCUT2D eigenvalue weighted by molar-refractivity contribution is 7.89. The third-order valence-corrected chi connectivity index (χ3v) is 8.79. The molecule has 0 aliphatic heterocycles. The van der Waals surface area contributed by atoms with Crippen molar-refractivity contribution in [2.75, 3.05) is 13.1 Å². The molecule has 10 heteroatoms. The number of carbonyl (C=O) groups excluding carboxylic acids is 1. The molecule has 0 N–H and O–H groups in total. The maximum absolute atomic E-state index is 12.8. The number of fused-ring (bicyclic) bond motifs is 1. The molecule has 0 fully saturated rings. The van der Waals surface area contributed by atoms with E-state index in [1.54, 1.807) is 23.7 Å². The zero-order chi connectivity index (χ0) is 22.8. The minimum Gasteiger partial charge on any atom is -0.318 e. The van der Waals surface area contributed by atoms with Crippen molar-refractivity contribution in [1.82, 2.24) is 8.87 Å². The van der Waals surface area contributed by atoms with Crippen LogP contribution >= 0.6 is 34.5 Å². The molecule has 0 aliphatic rings. The molecular formula is C21H23Cl2N3O3S2. The van der Waals surface area contributed by atoms with Gasteiger partial charge in [0.05, 0.1) is 25.2 Å². The van der Waals surface area contributed by atoms with Crippen molar-refractivity contribution in [3.8, 4) is 0 Å². The highest BCUT2D eigenvalue weighted by atomic mass is 35.5. The molecule has 0 saturated heterocycles. The molecule has 1 amide bonds. The molecule has 31 heavy (non-hydrogen) atoms. The average Bonchev–Trinajstić information content (AvgIpc) is 3.08. The number of nitrogens with zero attached hydrogens (tertiary/aromatic N) is 3. The smallest absolute Gasteiger partial charge is 0.279 e. The number of benzene rings is 2. The molecule has 1 aromatic heterocycles. The first-order chi connectivity index (χ1) is 14.7. The van der Waals surface area contributed by atoms with Crippen molar-refractivity contribution < 1.29 is 13.2 Å². The van der Waals surface area contributed by atoms with Crippen LogP contribution in [-0.2, 0) is 17.1 Å². The van der Waals surface area contributed by atoms with E-state index < -0.39 is 15.9 Å². The summed E-state index contributed by atoms with van der Waals surface area (Å²) < 4.78 is 29.6. The predicted molar refractivity (Wildman–Crippen MR) is 126 cm³/mol. The summed E-state index contributed by atoms with van der Waals surface area (Å²) in [7, 11) is -1.84. The first-order valence-electron chi connectivity index (χ1n) is 9.83. The van der Waals surface area contributed by atoms with E-state index in [2.05, 4.69) is 4.99 Å². The number of aryl methyl sites for hydroxylation is 1. The fourth-order valence-electron chi connectivity index (χ4n) is 3.14. The lowest BCUT2D eigenvalue weighted by Gasteiger charge is -2.20. The second-order valence-corrected chi connectivity index (χ2v) is 10.7. The molecule has 0 radical (unpaired) electrons. The van der Waals surface area contributed by atoms with Crippen LogP contribution in [0.1, 0.15) is 37.0 Å². The third-order valence-electron chi connectivity index (χ3n) is 4.90. The van der Waals surface area contributed by atoms with Crippen LogP contribution in [0.3, 0.4) is 0 Å². The second-order valence-electron chi connectivity index (χ2n) is 6.94. The number of halogens is 2. The van der Waals surface area contributed by atoms with Crippen molar-refractivity contribution in [3.63, 3.8) is 0 Å². The van der Waals surface area contributed by atoms with Gasteiger partial charge in [0.25, 0.3) is 5.91 Å². The van der Waals surface area contributed by atoms with Crippen LogP contribution in [0.25, 0.3) is 10.2 Å². The third kappa shape index (κ3) is 4.88. The minimum absolute atomic E-state index is 0.160. The average molecular weight is 500 g/mol. The molecule has 0 spiro atoms. The molecule has 0 unspecified atom stereocenters. The molecule has 1 heterocycles. The maximum Gasteiger partial charge on any atom is 0.279 e. The lowest BCUT2D eigenvalue weighted by Crippen LogP contribution is -2.31. The molecule has 166 valence electrons. The van der Waals surface area contributed by atoms with Crippen molar-refractivity contribution >= 4 is 60.7 Å². The molecule has 2 aromatic carbocycles. The summed E-state index contributed by atoms with van der Waals surface area (Å²) >= 11 is 13.8. The molecular weight excluding hydrogens is 477 g/mol. The first-order valence-corrected chi connectivity index (χ1v) is 12.8. The van der Waals surface area contributed by atoms with Crippen LogP contribution in [0, 0.1) is 0 Å². The molecule has 3 aromatic rings. The number of sulfonamides is 1. The Labute approximate surface area is 195 Å². The quantitative estimate of drug-likeness (QED) is 0.453. The maximum atomic E-state index is 12.8. The summed E-state index contributed by atoms with van der Waals surface area (Å²) in [5.74, 6) is -0.475. The van der Waals surface area contributed by atoms with Crippen molar-refractivity contribution in [3.05, 3.63) is 56.8 Å². The predicted octanol–water partition coefficient (Wildman–Crippen LogP) is 5.10. The van der Waals surface area contributed by atoms with Gasteiger partial charge in [0.1, 0.15) is 0 Å². The van der Waals surface area contributed by atoms with E-state index in [0.29, 0.717) is 39.0 Å². The Kier molecular flexibility index (Phi) is 7.59. The van der Waals surface area contributed by atoms with Gasteiger partial charge in [0.15, 0.2) is 4.80 Å². The van der Waals surface area contributed by atoms with Gasteiger partial charge in [0, 0.05) is 25.7 Å². The van der Waals surface area contributed by atoms with Crippen LogP contribution in [-0.4, -0.2) is 36.3 Å². The van der Waals surface area contributed by atoms with Crippen molar-refractivity contribution in [1.29, 1.82) is 0 Å². The van der Waals surface area contributed by atoms with E-state index in [1.165, 1.54) is 39.9 Å². The second kappa shape index (κ2) is 9.83. The Morgan fingerprint density at radius 2 is 1.74 bits per heavy atom. The highest BCUT2D eigenvalue weighted by Gasteiger charge is 2.22. The lowest BCUT2D eigenvalue weighted by molar-refractivity contribution is 0.0998. The molecule has 0 bridgehead atoms. The Morgan fingerprint density at radius 3 is 2.32 bits per heavy atom. The van der Waals surface area contributed by atoms with Crippen LogP contribution in [0.5, 0.6) is 0 Å². The van der Waals surface area contributed by atoms with E-state index in [1.807, 2.05) is 13.8 Å². The van der Waals surface area contributed by atoms with E-state index in [9.17, 15) is 13.2 Å². The minimum atomic E-state index is -3.60. The number of unbranched alkanes of at least 4 members (excludes halogenated alkanes) is 1. The molecule has 0 saturated carbocycles. The molecule has 0 atom stereocenters. The highest BCUT2D eigenvalue weighted by Crippen LogP contribution is 2.31. The van der Waals surface area contributed by atoms with Crippen LogP contribution in [0.4, 0.5) is 0 Å². The van der Waals surface area contributed by atoms with Gasteiger partial charge in [0.2, 0.25) is 10.0 Å². The van der Waals surface area contributed by atoms with Gasteiger partial charge in [-0.15, -0.1) is 0 Å². The first kappa shape index (κ1) is 23.9. The number of hydrogen-bond acceptors (Lipinski definition) is 4. The topological polar surface area (TPSA) is 71.7 Å². The molecule has 3 rings (SSSR count).